The van der Waals surface area contributed by atoms with Crippen molar-refractivity contribution >= 4 is 11.6 Å². The summed E-state index contributed by atoms with van der Waals surface area (Å²) in [6.45, 7) is 1.43. The number of hydrogen-bond acceptors (Lipinski definition) is 2. The molecule has 1 aliphatic carbocycles. The third kappa shape index (κ3) is 1.35. The zero-order valence-corrected chi connectivity index (χ0v) is 8.52. The topological polar surface area (TPSA) is 46.3 Å². The van der Waals surface area contributed by atoms with E-state index < -0.39 is 0 Å². The molecule has 2 unspecified atom stereocenters. The second-order valence-corrected chi connectivity index (χ2v) is 4.43. The van der Waals surface area contributed by atoms with Gasteiger partial charge in [-0.15, -0.1) is 0 Å². The number of anilines is 1. The van der Waals surface area contributed by atoms with Gasteiger partial charge in [0, 0.05) is 24.7 Å². The summed E-state index contributed by atoms with van der Waals surface area (Å²) in [6.07, 6.45) is 1.10. The molecule has 1 aliphatic heterocycles. The average Bonchev–Trinajstić information content (AvgIpc) is 2.98. The van der Waals surface area contributed by atoms with E-state index in [-0.39, 0.29) is 0 Å². The zero-order valence-electron chi connectivity index (χ0n) is 8.52. The number of amides is 1. The Hall–Kier alpha value is -1.35. The highest BCUT2D eigenvalue weighted by atomic mass is 16.2. The van der Waals surface area contributed by atoms with Crippen LogP contribution in [0.2, 0.25) is 0 Å². The van der Waals surface area contributed by atoms with E-state index in [1.165, 1.54) is 0 Å². The summed E-state index contributed by atoms with van der Waals surface area (Å²) < 4.78 is 0. The van der Waals surface area contributed by atoms with Gasteiger partial charge >= 0.3 is 0 Å². The van der Waals surface area contributed by atoms with Crippen LogP contribution in [0, 0.1) is 11.8 Å². The molecule has 1 aromatic carbocycles. The molecule has 1 amide bonds. The van der Waals surface area contributed by atoms with Crippen LogP contribution in [0.5, 0.6) is 0 Å². The molecular formula is C12H14N2O. The maximum absolute atomic E-state index is 11.8. The lowest BCUT2D eigenvalue weighted by Crippen LogP contribution is -2.27. The molecule has 1 aromatic rings. The van der Waals surface area contributed by atoms with E-state index in [1.54, 1.807) is 0 Å². The van der Waals surface area contributed by atoms with Crippen LogP contribution in [0.25, 0.3) is 0 Å². The van der Waals surface area contributed by atoms with Gasteiger partial charge in [0.25, 0.3) is 0 Å². The number of rotatable bonds is 2. The van der Waals surface area contributed by atoms with Gasteiger partial charge in [0.15, 0.2) is 0 Å². The highest BCUT2D eigenvalue weighted by Gasteiger charge is 2.52. The first kappa shape index (κ1) is 8.92. The van der Waals surface area contributed by atoms with Gasteiger partial charge in [-0.25, -0.2) is 0 Å². The number of nitrogens with two attached hydrogens (primary N) is 1. The third-order valence-corrected chi connectivity index (χ3v) is 3.38. The molecule has 2 N–H and O–H groups in total. The number of fused-ring (bicyclic) bond motifs is 1. The molecule has 2 atom stereocenters. The molecule has 3 rings (SSSR count). The summed E-state index contributed by atoms with van der Waals surface area (Å²) in [5.41, 5.74) is 7.68. The van der Waals surface area contributed by atoms with E-state index in [2.05, 4.69) is 0 Å². The highest BCUT2D eigenvalue weighted by molar-refractivity contribution is 5.99. The van der Waals surface area contributed by atoms with Crippen molar-refractivity contribution in [2.45, 2.75) is 13.0 Å². The van der Waals surface area contributed by atoms with Crippen molar-refractivity contribution in [2.24, 2.45) is 17.6 Å². The lowest BCUT2D eigenvalue weighted by molar-refractivity contribution is -0.118. The standard InChI is InChI=1S/C12H14N2O/c13-6-8-2-1-3-10(4-8)14-7-9-5-11(9)12(14)15/h1-4,9,11H,5-7,13H2. The first-order valence-electron chi connectivity index (χ1n) is 5.40. The van der Waals surface area contributed by atoms with Crippen LogP contribution in [-0.4, -0.2) is 12.5 Å². The average molecular weight is 202 g/mol. The van der Waals surface area contributed by atoms with E-state index in [9.17, 15) is 4.79 Å². The Balaban J connectivity index is 1.89. The fraction of sp³-hybridized carbons (Fsp3) is 0.417. The van der Waals surface area contributed by atoms with Crippen molar-refractivity contribution in [3.63, 3.8) is 0 Å². The molecule has 3 nitrogen and oxygen atoms in total. The number of nitrogens with zero attached hydrogens (tertiary/aromatic N) is 1. The van der Waals surface area contributed by atoms with Crippen LogP contribution in [0.15, 0.2) is 24.3 Å². The predicted octanol–water partition coefficient (Wildman–Crippen LogP) is 1.13. The van der Waals surface area contributed by atoms with Gasteiger partial charge in [0.1, 0.15) is 0 Å². The molecule has 1 saturated heterocycles. The highest BCUT2D eigenvalue weighted by Crippen LogP contribution is 2.47. The molecule has 0 aromatic heterocycles. The van der Waals surface area contributed by atoms with Crippen molar-refractivity contribution in [3.05, 3.63) is 29.8 Å². The van der Waals surface area contributed by atoms with E-state index in [1.807, 2.05) is 29.2 Å². The minimum atomic E-state index is 0.300. The van der Waals surface area contributed by atoms with Gasteiger partial charge in [0.2, 0.25) is 5.91 Å². The SMILES string of the molecule is NCc1cccc(N2CC3CC3C2=O)c1. The molecule has 1 heterocycles. The summed E-state index contributed by atoms with van der Waals surface area (Å²) in [6, 6.07) is 7.96. The Morgan fingerprint density at radius 2 is 2.33 bits per heavy atom. The molecule has 2 aliphatic rings. The Kier molecular flexibility index (Phi) is 1.83. The van der Waals surface area contributed by atoms with Gasteiger partial charge in [-0.1, -0.05) is 12.1 Å². The Bertz CT molecular complexity index is 416. The second kappa shape index (κ2) is 3.07. The van der Waals surface area contributed by atoms with Gasteiger partial charge in [-0.05, 0) is 30.0 Å². The van der Waals surface area contributed by atoms with Crippen LogP contribution in [-0.2, 0) is 11.3 Å². The molecule has 0 bridgehead atoms. The third-order valence-electron chi connectivity index (χ3n) is 3.38. The fourth-order valence-corrected chi connectivity index (χ4v) is 2.36. The van der Waals surface area contributed by atoms with Crippen LogP contribution in [0.3, 0.4) is 0 Å². The molecule has 15 heavy (non-hydrogen) atoms. The van der Waals surface area contributed by atoms with Crippen molar-refractivity contribution in [3.8, 4) is 0 Å². The first-order valence-corrected chi connectivity index (χ1v) is 5.40. The number of carbonyl (C=O) groups is 1. The minimum absolute atomic E-state index is 0.300. The maximum Gasteiger partial charge on any atom is 0.230 e. The van der Waals surface area contributed by atoms with Crippen molar-refractivity contribution < 1.29 is 4.79 Å². The van der Waals surface area contributed by atoms with E-state index in [0.29, 0.717) is 24.3 Å². The van der Waals surface area contributed by atoms with Crippen molar-refractivity contribution in [1.82, 2.24) is 0 Å². The first-order chi connectivity index (χ1) is 7.29. The lowest BCUT2D eigenvalue weighted by atomic mass is 10.2. The quantitative estimate of drug-likeness (QED) is 0.781. The molecule has 3 heteroatoms. The number of piperidine rings is 1. The summed E-state index contributed by atoms with van der Waals surface area (Å²) in [5, 5.41) is 0. The summed E-state index contributed by atoms with van der Waals surface area (Å²) in [5.74, 6) is 1.25. The van der Waals surface area contributed by atoms with Gasteiger partial charge in [-0.2, -0.15) is 0 Å². The van der Waals surface area contributed by atoms with Crippen molar-refractivity contribution in [1.29, 1.82) is 0 Å². The number of benzene rings is 1. The zero-order chi connectivity index (χ0) is 10.4. The molecule has 78 valence electrons. The number of hydrogen-bond donors (Lipinski definition) is 1. The normalized spacial score (nSPS) is 28.1. The monoisotopic (exact) mass is 202 g/mol. The van der Waals surface area contributed by atoms with Crippen molar-refractivity contribution in [2.75, 3.05) is 11.4 Å². The molecule has 0 spiro atoms. The van der Waals surface area contributed by atoms with E-state index in [4.69, 9.17) is 5.73 Å². The smallest absolute Gasteiger partial charge is 0.230 e. The van der Waals surface area contributed by atoms with Crippen LogP contribution in [0.4, 0.5) is 5.69 Å². The van der Waals surface area contributed by atoms with Gasteiger partial charge < -0.3 is 10.6 Å². The van der Waals surface area contributed by atoms with Crippen LogP contribution < -0.4 is 10.6 Å². The van der Waals surface area contributed by atoms with Gasteiger partial charge in [0.05, 0.1) is 0 Å². The molecule has 0 radical (unpaired) electrons. The summed E-state index contributed by atoms with van der Waals surface area (Å²) >= 11 is 0. The molecular weight excluding hydrogens is 188 g/mol. The second-order valence-electron chi connectivity index (χ2n) is 4.43. The summed E-state index contributed by atoms with van der Waals surface area (Å²) in [7, 11) is 0. The predicted molar refractivity (Wildman–Crippen MR) is 58.3 cm³/mol. The Labute approximate surface area is 88.9 Å². The van der Waals surface area contributed by atoms with E-state index in [0.717, 1.165) is 24.2 Å². The van der Waals surface area contributed by atoms with Crippen LogP contribution in [0.1, 0.15) is 12.0 Å². The maximum atomic E-state index is 11.8. The lowest BCUT2D eigenvalue weighted by Gasteiger charge is -2.18. The summed E-state index contributed by atoms with van der Waals surface area (Å²) in [4.78, 5) is 13.7. The molecule has 2 fully saturated rings. The molecule has 1 saturated carbocycles. The van der Waals surface area contributed by atoms with E-state index >= 15 is 0 Å². The Morgan fingerprint density at radius 3 is 3.00 bits per heavy atom. The Morgan fingerprint density at radius 1 is 1.47 bits per heavy atom. The minimum Gasteiger partial charge on any atom is -0.326 e. The van der Waals surface area contributed by atoms with Crippen LogP contribution >= 0.6 is 0 Å². The largest absolute Gasteiger partial charge is 0.326 e. The van der Waals surface area contributed by atoms with Gasteiger partial charge in [-0.3, -0.25) is 4.79 Å². The fourth-order valence-electron chi connectivity index (χ4n) is 2.36. The number of carbonyl (C=O) groups excluding carboxylic acids is 1.